The fourth-order valence-corrected chi connectivity index (χ4v) is 9.48. The Labute approximate surface area is 336 Å². The van der Waals surface area contributed by atoms with Gasteiger partial charge in [0.2, 0.25) is 0 Å². The van der Waals surface area contributed by atoms with Crippen molar-refractivity contribution in [3.8, 4) is 45.3 Å². The minimum Gasteiger partial charge on any atom is -0.493 e. The number of hydrogen-bond acceptors (Lipinski definition) is 6. The second-order valence-corrected chi connectivity index (χ2v) is 16.0. The molecule has 0 atom stereocenters. The molecule has 3 aliphatic rings. The second-order valence-electron chi connectivity index (χ2n) is 16.0. The number of carbonyl (C=O) groups excluding carboxylic acids is 2. The molecule has 0 aromatic heterocycles. The Morgan fingerprint density at radius 3 is 1.67 bits per heavy atom. The van der Waals surface area contributed by atoms with E-state index in [0.29, 0.717) is 50.1 Å². The third kappa shape index (κ3) is 6.73. The summed E-state index contributed by atoms with van der Waals surface area (Å²) >= 11 is 0. The molecule has 0 radical (unpaired) electrons. The van der Waals surface area contributed by atoms with Crippen LogP contribution in [0.5, 0.6) is 23.0 Å². The van der Waals surface area contributed by atoms with Gasteiger partial charge in [-0.25, -0.2) is 9.59 Å². The first-order chi connectivity index (χ1) is 27.7. The third-order valence-corrected chi connectivity index (χ3v) is 12.3. The van der Waals surface area contributed by atoms with Crippen molar-refractivity contribution >= 4 is 23.1 Å². The minimum atomic E-state index is -0.476. The lowest BCUT2D eigenvalue weighted by Crippen LogP contribution is -2.25. The number of rotatable bonds is 15. The summed E-state index contributed by atoms with van der Waals surface area (Å²) in [5.74, 6) is 0.984. The number of esters is 2. The quantitative estimate of drug-likeness (QED) is 0.0601. The topological polar surface area (TPSA) is 71.1 Å². The zero-order valence-electron chi connectivity index (χ0n) is 34.1. The highest BCUT2D eigenvalue weighted by Crippen LogP contribution is 2.55. The maximum atomic E-state index is 13.5. The molecule has 6 nitrogen and oxygen atoms in total. The van der Waals surface area contributed by atoms with E-state index in [0.717, 1.165) is 29.5 Å². The van der Waals surface area contributed by atoms with Crippen LogP contribution in [0.15, 0.2) is 84.9 Å². The molecule has 6 heteroatoms. The standard InChI is InChI=1S/C51H52O6/c1-7-9-11-13-23-51(24-14-12-10-8-2)41-25-31(3)15-21-37(41)38-22-20-35(27-42(38)51)33-16-18-34(19-17-33)46-39-29-44-40(30-43(39)56-49(46)52)47(50(53)57-44)36-26-32(4)48(55-6)45(28-36)54-5/h15-22,25-30H,7-14,23-24H2,1-6H3. The monoisotopic (exact) mass is 760 g/mol. The number of methoxy groups -OCH3 is 2. The van der Waals surface area contributed by atoms with Gasteiger partial charge in [-0.15, -0.1) is 0 Å². The van der Waals surface area contributed by atoms with Crippen LogP contribution in [0.1, 0.15) is 111 Å². The largest absolute Gasteiger partial charge is 0.493 e. The highest BCUT2D eigenvalue weighted by Gasteiger charge is 2.42. The van der Waals surface area contributed by atoms with Crippen LogP contribution in [0.3, 0.4) is 0 Å². The fourth-order valence-electron chi connectivity index (χ4n) is 9.48. The molecule has 0 saturated carbocycles. The first-order valence-corrected chi connectivity index (χ1v) is 20.7. The first-order valence-electron chi connectivity index (χ1n) is 20.7. The van der Waals surface area contributed by atoms with E-state index in [9.17, 15) is 9.59 Å². The van der Waals surface area contributed by atoms with Crippen molar-refractivity contribution in [3.63, 3.8) is 0 Å². The molecule has 0 saturated heterocycles. The van der Waals surface area contributed by atoms with E-state index in [4.69, 9.17) is 18.9 Å². The maximum Gasteiger partial charge on any atom is 0.344 e. The predicted molar refractivity (Wildman–Crippen MR) is 227 cm³/mol. The van der Waals surface area contributed by atoms with Gasteiger partial charge in [-0.1, -0.05) is 125 Å². The number of aryl methyl sites for hydroxylation is 2. The van der Waals surface area contributed by atoms with Crippen molar-refractivity contribution in [2.75, 3.05) is 14.2 Å². The zero-order valence-corrected chi connectivity index (χ0v) is 34.1. The molecule has 0 spiro atoms. The van der Waals surface area contributed by atoms with Gasteiger partial charge in [0.25, 0.3) is 0 Å². The van der Waals surface area contributed by atoms with Crippen molar-refractivity contribution in [1.82, 2.24) is 0 Å². The molecule has 292 valence electrons. The molecule has 8 rings (SSSR count). The van der Waals surface area contributed by atoms with Gasteiger partial charge in [-0.05, 0) is 107 Å². The van der Waals surface area contributed by atoms with Crippen molar-refractivity contribution in [3.05, 3.63) is 129 Å². The van der Waals surface area contributed by atoms with Crippen molar-refractivity contribution in [2.24, 2.45) is 0 Å². The zero-order chi connectivity index (χ0) is 39.8. The molecule has 0 N–H and O–H groups in total. The fraction of sp³-hybridized carbons (Fsp3) is 0.333. The number of ether oxygens (including phenoxy) is 4. The van der Waals surface area contributed by atoms with Gasteiger partial charge >= 0.3 is 11.9 Å². The highest BCUT2D eigenvalue weighted by atomic mass is 16.5. The smallest absolute Gasteiger partial charge is 0.344 e. The van der Waals surface area contributed by atoms with Crippen LogP contribution in [0.25, 0.3) is 33.4 Å². The molecule has 0 amide bonds. The number of carbonyl (C=O) groups is 2. The summed E-state index contributed by atoms with van der Waals surface area (Å²) in [6.07, 6.45) is 12.3. The van der Waals surface area contributed by atoms with E-state index in [-0.39, 0.29) is 5.41 Å². The van der Waals surface area contributed by atoms with E-state index in [1.807, 2.05) is 25.1 Å². The van der Waals surface area contributed by atoms with Gasteiger partial charge in [0.15, 0.2) is 11.5 Å². The Morgan fingerprint density at radius 1 is 0.544 bits per heavy atom. The van der Waals surface area contributed by atoms with Crippen molar-refractivity contribution in [1.29, 1.82) is 0 Å². The summed E-state index contributed by atoms with van der Waals surface area (Å²) in [4.78, 5) is 26.8. The van der Waals surface area contributed by atoms with E-state index in [2.05, 4.69) is 69.3 Å². The average molecular weight is 761 g/mol. The molecule has 5 aromatic carbocycles. The molecule has 0 unspecified atom stereocenters. The molecule has 1 aliphatic carbocycles. The normalized spacial score (nSPS) is 14.6. The lowest BCUT2D eigenvalue weighted by atomic mass is 9.70. The summed E-state index contributed by atoms with van der Waals surface area (Å²) in [6.45, 7) is 8.69. The van der Waals surface area contributed by atoms with Crippen LogP contribution < -0.4 is 29.4 Å². The van der Waals surface area contributed by atoms with E-state index in [1.54, 1.807) is 32.4 Å². The van der Waals surface area contributed by atoms with Gasteiger partial charge in [-0.3, -0.25) is 0 Å². The molecule has 57 heavy (non-hydrogen) atoms. The first kappa shape index (κ1) is 38.3. The Kier molecular flexibility index (Phi) is 10.6. The Morgan fingerprint density at radius 2 is 1.09 bits per heavy atom. The van der Waals surface area contributed by atoms with Crippen molar-refractivity contribution in [2.45, 2.75) is 97.3 Å². The summed E-state index contributed by atoms with van der Waals surface area (Å²) in [5, 5.41) is 1.17. The van der Waals surface area contributed by atoms with Crippen molar-refractivity contribution < 1.29 is 28.5 Å². The molecule has 5 aromatic rings. The number of fused-ring (bicyclic) bond motifs is 5. The van der Waals surface area contributed by atoms with E-state index in [1.165, 1.54) is 84.7 Å². The molecule has 0 bridgehead atoms. The van der Waals surface area contributed by atoms with Crippen LogP contribution in [0, 0.1) is 13.8 Å². The van der Waals surface area contributed by atoms with Crippen LogP contribution in [-0.2, 0) is 15.0 Å². The van der Waals surface area contributed by atoms with Crippen LogP contribution >= 0.6 is 0 Å². The predicted octanol–water partition coefficient (Wildman–Crippen LogP) is 10.4. The number of unbranched alkanes of at least 4 members (excludes halogenated alkanes) is 6. The molecule has 0 fully saturated rings. The highest BCUT2D eigenvalue weighted by molar-refractivity contribution is 6.21. The minimum absolute atomic E-state index is 0.000563. The number of hydrogen-bond donors (Lipinski definition) is 0. The lowest BCUT2D eigenvalue weighted by molar-refractivity contribution is -0.128. The Bertz CT molecular complexity index is 2510. The third-order valence-electron chi connectivity index (χ3n) is 12.3. The SMILES string of the molecule is CCCCCCC1(CCCCCC)c2cc(C)ccc2-c2ccc(-c3ccc(C4=c5cc6c(cc5OC4=O)=C(c4cc(C)c(OC)c(OC)c4)C(=O)O6)cc3)cc21. The molecule has 2 heterocycles. The molecular weight excluding hydrogens is 709 g/mol. The second kappa shape index (κ2) is 15.7. The van der Waals surface area contributed by atoms with Crippen LogP contribution in [-0.4, -0.2) is 26.2 Å². The van der Waals surface area contributed by atoms with Gasteiger partial charge in [0.05, 0.1) is 25.4 Å². The lowest BCUT2D eigenvalue weighted by Gasteiger charge is -2.33. The maximum absolute atomic E-state index is 13.5. The number of benzene rings is 5. The summed E-state index contributed by atoms with van der Waals surface area (Å²) in [6, 6.07) is 29.4. The molecule has 2 aliphatic heterocycles. The average Bonchev–Trinajstić information content (AvgIpc) is 3.81. The van der Waals surface area contributed by atoms with Gasteiger partial charge in [0.1, 0.15) is 11.5 Å². The van der Waals surface area contributed by atoms with Gasteiger partial charge < -0.3 is 18.9 Å². The van der Waals surface area contributed by atoms with Crippen LogP contribution in [0.2, 0.25) is 0 Å². The van der Waals surface area contributed by atoms with Crippen LogP contribution in [0.4, 0.5) is 0 Å². The van der Waals surface area contributed by atoms with Gasteiger partial charge in [-0.2, -0.15) is 0 Å². The van der Waals surface area contributed by atoms with E-state index < -0.39 is 11.9 Å². The van der Waals surface area contributed by atoms with Gasteiger partial charge in [0, 0.05) is 15.9 Å². The molecular formula is C51H52O6. The summed E-state index contributed by atoms with van der Waals surface area (Å²) in [5.41, 5.74) is 12.3. The summed E-state index contributed by atoms with van der Waals surface area (Å²) < 4.78 is 22.7. The Balaban J connectivity index is 1.16. The summed E-state index contributed by atoms with van der Waals surface area (Å²) in [7, 11) is 3.14. The van der Waals surface area contributed by atoms with E-state index >= 15 is 0 Å². The Hall–Kier alpha value is -5.62.